The van der Waals surface area contributed by atoms with E-state index in [1.54, 1.807) is 31.2 Å². The molecule has 0 aliphatic carbocycles. The van der Waals surface area contributed by atoms with Crippen LogP contribution in [0, 0.1) is 12.8 Å². The molecule has 0 saturated carbocycles. The number of carbonyl (C=O) groups excluding carboxylic acids is 2. The van der Waals surface area contributed by atoms with Gasteiger partial charge in [-0.05, 0) is 49.1 Å². The Balaban J connectivity index is 1.64. The van der Waals surface area contributed by atoms with Crippen LogP contribution in [0.15, 0.2) is 70.4 Å². The zero-order chi connectivity index (χ0) is 27.7. The van der Waals surface area contributed by atoms with E-state index in [4.69, 9.17) is 13.9 Å². The lowest BCUT2D eigenvalue weighted by atomic mass is 9.98. The summed E-state index contributed by atoms with van der Waals surface area (Å²) in [5, 5.41) is 0.637. The fourth-order valence-corrected chi connectivity index (χ4v) is 5.48. The van der Waals surface area contributed by atoms with E-state index in [0.29, 0.717) is 40.5 Å². The minimum Gasteiger partial charge on any atom is -0.494 e. The smallest absolute Gasteiger partial charge is 0.350 e. The number of hydrogen-bond acceptors (Lipinski definition) is 8. The number of carbonyl (C=O) groups is 2. The third-order valence-electron chi connectivity index (χ3n) is 6.42. The Morgan fingerprint density at radius 1 is 1.21 bits per heavy atom. The second-order valence-electron chi connectivity index (χ2n) is 9.65. The molecule has 1 amide bonds. The Labute approximate surface area is 229 Å². The molecule has 1 aliphatic heterocycles. The highest BCUT2D eigenvalue weighted by atomic mass is 32.1. The van der Waals surface area contributed by atoms with E-state index in [-0.39, 0.29) is 33.4 Å². The molecule has 4 aromatic rings. The summed E-state index contributed by atoms with van der Waals surface area (Å²) in [6.07, 6.45) is 2.36. The highest BCUT2D eigenvalue weighted by molar-refractivity contribution is 7.17. The highest BCUT2D eigenvalue weighted by Gasteiger charge is 2.45. The van der Waals surface area contributed by atoms with Gasteiger partial charge in [0.1, 0.15) is 22.8 Å². The van der Waals surface area contributed by atoms with Crippen LogP contribution in [0.3, 0.4) is 0 Å². The number of aromatic nitrogens is 1. The summed E-state index contributed by atoms with van der Waals surface area (Å²) in [6.45, 7) is 10.1. The summed E-state index contributed by atoms with van der Waals surface area (Å²) in [6, 6.07) is 13.3. The summed E-state index contributed by atoms with van der Waals surface area (Å²) in [5.74, 6) is 0.00386. The summed E-state index contributed by atoms with van der Waals surface area (Å²) >= 11 is 1.03. The third kappa shape index (κ3) is 4.97. The SMILES string of the molecule is C=CCOC(=O)c1sc(N2C(=O)c3oc4ccccc4c(=O)c3[C@H]2c2cccc(OCCC(C)C)c2)nc1C. The van der Waals surface area contributed by atoms with Crippen LogP contribution < -0.4 is 15.1 Å². The van der Waals surface area contributed by atoms with Crippen LogP contribution >= 0.6 is 11.3 Å². The van der Waals surface area contributed by atoms with E-state index in [1.165, 1.54) is 11.0 Å². The maximum Gasteiger partial charge on any atom is 0.350 e. The molecule has 0 unspecified atom stereocenters. The van der Waals surface area contributed by atoms with Crippen molar-refractivity contribution in [1.29, 1.82) is 0 Å². The minimum atomic E-state index is -0.829. The van der Waals surface area contributed by atoms with Crippen LogP contribution in [0.5, 0.6) is 5.75 Å². The van der Waals surface area contributed by atoms with Gasteiger partial charge in [-0.2, -0.15) is 0 Å². The summed E-state index contributed by atoms with van der Waals surface area (Å²) in [7, 11) is 0. The molecule has 0 saturated heterocycles. The van der Waals surface area contributed by atoms with Crippen molar-refractivity contribution in [3.63, 3.8) is 0 Å². The van der Waals surface area contributed by atoms with Crippen molar-refractivity contribution in [3.05, 3.63) is 98.9 Å². The van der Waals surface area contributed by atoms with Gasteiger partial charge in [-0.3, -0.25) is 14.5 Å². The zero-order valence-electron chi connectivity index (χ0n) is 21.9. The van der Waals surface area contributed by atoms with E-state index in [0.717, 1.165) is 17.8 Å². The number of para-hydroxylation sites is 1. The fourth-order valence-electron chi connectivity index (χ4n) is 4.49. The van der Waals surface area contributed by atoms with Crippen molar-refractivity contribution in [2.75, 3.05) is 18.1 Å². The number of esters is 1. The van der Waals surface area contributed by atoms with Crippen molar-refractivity contribution in [1.82, 2.24) is 4.98 Å². The largest absolute Gasteiger partial charge is 0.494 e. The van der Waals surface area contributed by atoms with Crippen molar-refractivity contribution in [3.8, 4) is 5.75 Å². The molecule has 8 nitrogen and oxygen atoms in total. The van der Waals surface area contributed by atoms with Crippen molar-refractivity contribution in [2.24, 2.45) is 5.92 Å². The van der Waals surface area contributed by atoms with E-state index in [1.807, 2.05) is 24.3 Å². The van der Waals surface area contributed by atoms with Crippen molar-refractivity contribution in [2.45, 2.75) is 33.2 Å². The molecule has 2 aromatic carbocycles. The van der Waals surface area contributed by atoms with E-state index < -0.39 is 17.9 Å². The molecule has 39 heavy (non-hydrogen) atoms. The first-order valence-electron chi connectivity index (χ1n) is 12.7. The zero-order valence-corrected chi connectivity index (χ0v) is 22.7. The Hall–Kier alpha value is -4.24. The van der Waals surface area contributed by atoms with Gasteiger partial charge < -0.3 is 13.9 Å². The predicted molar refractivity (Wildman–Crippen MR) is 150 cm³/mol. The number of aryl methyl sites for hydroxylation is 1. The molecule has 2 aromatic heterocycles. The number of hydrogen-bond donors (Lipinski definition) is 0. The summed E-state index contributed by atoms with van der Waals surface area (Å²) in [4.78, 5) is 46.5. The van der Waals surface area contributed by atoms with Gasteiger partial charge in [0.05, 0.1) is 29.3 Å². The molecule has 3 heterocycles. The molecule has 1 aliphatic rings. The minimum absolute atomic E-state index is 0.0431. The van der Waals surface area contributed by atoms with Gasteiger partial charge in [0.25, 0.3) is 5.91 Å². The average Bonchev–Trinajstić information content (AvgIpc) is 3.44. The lowest BCUT2D eigenvalue weighted by Gasteiger charge is -2.23. The van der Waals surface area contributed by atoms with Gasteiger partial charge in [0.2, 0.25) is 5.76 Å². The Morgan fingerprint density at radius 2 is 2.00 bits per heavy atom. The van der Waals surface area contributed by atoms with Gasteiger partial charge in [-0.1, -0.05) is 62.1 Å². The predicted octanol–water partition coefficient (Wildman–Crippen LogP) is 6.08. The maximum absolute atomic E-state index is 13.9. The molecular formula is C30H28N2O6S. The molecular weight excluding hydrogens is 516 g/mol. The normalized spacial score (nSPS) is 14.6. The van der Waals surface area contributed by atoms with Crippen LogP contribution in [-0.2, 0) is 4.74 Å². The molecule has 0 bridgehead atoms. The molecule has 200 valence electrons. The molecule has 1 atom stereocenters. The van der Waals surface area contributed by atoms with Crippen LogP contribution in [0.4, 0.5) is 5.13 Å². The van der Waals surface area contributed by atoms with Crippen LogP contribution in [-0.4, -0.2) is 30.1 Å². The molecule has 0 radical (unpaired) electrons. The number of thiazole rings is 1. The lowest BCUT2D eigenvalue weighted by molar-refractivity contribution is 0.0554. The number of anilines is 1. The number of amides is 1. The first kappa shape index (κ1) is 26.4. The van der Waals surface area contributed by atoms with Crippen LogP contribution in [0.1, 0.15) is 63.4 Å². The van der Waals surface area contributed by atoms with Gasteiger partial charge in [0.15, 0.2) is 10.6 Å². The van der Waals surface area contributed by atoms with Gasteiger partial charge in [-0.25, -0.2) is 9.78 Å². The Kier molecular flexibility index (Phi) is 7.34. The fraction of sp³-hybridized carbons (Fsp3) is 0.267. The van der Waals surface area contributed by atoms with Crippen molar-refractivity contribution < 1.29 is 23.5 Å². The number of ether oxygens (including phenoxy) is 2. The monoisotopic (exact) mass is 544 g/mol. The highest BCUT2D eigenvalue weighted by Crippen LogP contribution is 2.43. The van der Waals surface area contributed by atoms with Crippen LogP contribution in [0.25, 0.3) is 11.0 Å². The second-order valence-corrected chi connectivity index (χ2v) is 10.6. The van der Waals surface area contributed by atoms with Gasteiger partial charge >= 0.3 is 5.97 Å². The van der Waals surface area contributed by atoms with Gasteiger partial charge in [0, 0.05) is 0 Å². The average molecular weight is 545 g/mol. The first-order valence-corrected chi connectivity index (χ1v) is 13.5. The lowest BCUT2D eigenvalue weighted by Crippen LogP contribution is -2.29. The molecule has 0 fully saturated rings. The quantitative estimate of drug-likeness (QED) is 0.186. The molecule has 0 spiro atoms. The topological polar surface area (TPSA) is 98.9 Å². The summed E-state index contributed by atoms with van der Waals surface area (Å²) < 4.78 is 17.2. The molecule has 0 N–H and O–H groups in total. The van der Waals surface area contributed by atoms with E-state index in [9.17, 15) is 14.4 Å². The Morgan fingerprint density at radius 3 is 2.77 bits per heavy atom. The number of fused-ring (bicyclic) bond motifs is 2. The number of nitrogens with zero attached hydrogens (tertiary/aromatic N) is 2. The Bertz CT molecular complexity index is 1640. The molecule has 5 rings (SSSR count). The van der Waals surface area contributed by atoms with Crippen molar-refractivity contribution >= 4 is 39.3 Å². The number of rotatable bonds is 9. The second kappa shape index (κ2) is 10.9. The maximum atomic E-state index is 13.9. The van der Waals surface area contributed by atoms with E-state index in [2.05, 4.69) is 25.4 Å². The van der Waals surface area contributed by atoms with E-state index >= 15 is 0 Å². The van der Waals surface area contributed by atoms with Crippen LogP contribution in [0.2, 0.25) is 0 Å². The standard InChI is InChI=1S/C30H28N2O6S/c1-5-14-37-29(35)27-18(4)31-30(39-27)32-24(19-9-8-10-20(16-19)36-15-13-17(2)3)23-25(33)21-11-6-7-12-22(21)38-26(23)28(32)34/h5-12,16-17,24H,1,13-15H2,2-4H3/t24-/m1/s1. The number of benzene rings is 2. The first-order chi connectivity index (χ1) is 18.8. The summed E-state index contributed by atoms with van der Waals surface area (Å²) in [5.41, 5.74) is 1.33. The molecule has 9 heteroatoms. The van der Waals surface area contributed by atoms with Gasteiger partial charge in [-0.15, -0.1) is 0 Å². The third-order valence-corrected chi connectivity index (χ3v) is 7.56.